The molecule has 2 aromatic carbocycles. The Morgan fingerprint density at radius 1 is 1.09 bits per heavy atom. The third-order valence-electron chi connectivity index (χ3n) is 2.92. The van der Waals surface area contributed by atoms with Gasteiger partial charge in [-0.3, -0.25) is 4.79 Å². The van der Waals surface area contributed by atoms with Gasteiger partial charge in [0.2, 0.25) is 5.91 Å². The molecule has 22 heavy (non-hydrogen) atoms. The predicted molar refractivity (Wildman–Crippen MR) is 89.4 cm³/mol. The molecule has 0 saturated heterocycles. The fourth-order valence-electron chi connectivity index (χ4n) is 1.87. The first-order valence-corrected chi connectivity index (χ1v) is 7.32. The molecule has 0 aliphatic heterocycles. The number of carbonyl (C=O) groups is 1. The van der Waals surface area contributed by atoms with Gasteiger partial charge in [-0.25, -0.2) is 0 Å². The minimum atomic E-state index is -0.0418. The van der Waals surface area contributed by atoms with Crippen LogP contribution in [0.4, 0.5) is 5.69 Å². The van der Waals surface area contributed by atoms with E-state index in [0.717, 1.165) is 17.0 Å². The topological polar surface area (TPSA) is 41.6 Å². The minimum absolute atomic E-state index is 0.0418. The Balaban J connectivity index is 1.86. The van der Waals surface area contributed by atoms with Gasteiger partial charge in [0, 0.05) is 10.7 Å². The molecule has 2 rings (SSSR count). The maximum absolute atomic E-state index is 11.7. The fraction of sp³-hybridized carbons (Fsp3) is 0.235. The number of anilines is 1. The Morgan fingerprint density at radius 2 is 1.73 bits per heavy atom. The maximum Gasteiger partial charge on any atom is 0.238 e. The first-order valence-electron chi connectivity index (χ1n) is 6.95. The van der Waals surface area contributed by atoms with Crippen molar-refractivity contribution in [2.75, 3.05) is 26.0 Å². The fourth-order valence-corrected chi connectivity index (χ4v) is 2.00. The Bertz CT molecular complexity index is 610. The predicted octanol–water partition coefficient (Wildman–Crippen LogP) is 3.42. The smallest absolute Gasteiger partial charge is 0.238 e. The zero-order chi connectivity index (χ0) is 15.9. The lowest BCUT2D eigenvalue weighted by molar-refractivity contribution is -0.116. The summed E-state index contributed by atoms with van der Waals surface area (Å²) in [6.07, 6.45) is 0. The zero-order valence-electron chi connectivity index (χ0n) is 12.7. The molecule has 0 saturated carbocycles. The third kappa shape index (κ3) is 5.39. The van der Waals surface area contributed by atoms with Crippen molar-refractivity contribution in [2.24, 2.45) is 0 Å². The highest BCUT2D eigenvalue weighted by Crippen LogP contribution is 2.17. The summed E-state index contributed by atoms with van der Waals surface area (Å²) >= 11 is 5.84. The molecule has 116 valence electrons. The van der Waals surface area contributed by atoms with Crippen LogP contribution in [0.2, 0.25) is 5.02 Å². The van der Waals surface area contributed by atoms with Crippen LogP contribution in [0.1, 0.15) is 5.56 Å². The number of ether oxygens (including phenoxy) is 1. The summed E-state index contributed by atoms with van der Waals surface area (Å²) in [5, 5.41) is 3.54. The monoisotopic (exact) mass is 318 g/mol. The van der Waals surface area contributed by atoms with Crippen molar-refractivity contribution in [1.29, 1.82) is 0 Å². The Morgan fingerprint density at radius 3 is 2.32 bits per heavy atom. The molecule has 0 spiro atoms. The van der Waals surface area contributed by atoms with Crippen molar-refractivity contribution in [1.82, 2.24) is 4.90 Å². The van der Waals surface area contributed by atoms with Crippen molar-refractivity contribution in [2.45, 2.75) is 6.61 Å². The van der Waals surface area contributed by atoms with E-state index < -0.39 is 0 Å². The second kappa shape index (κ2) is 7.82. The Labute approximate surface area is 135 Å². The van der Waals surface area contributed by atoms with Gasteiger partial charge >= 0.3 is 0 Å². The molecule has 0 aromatic heterocycles. The maximum atomic E-state index is 11.7. The van der Waals surface area contributed by atoms with Crippen molar-refractivity contribution in [3.05, 3.63) is 59.1 Å². The molecule has 0 bridgehead atoms. The number of carbonyl (C=O) groups excluding carboxylic acids is 1. The van der Waals surface area contributed by atoms with E-state index in [2.05, 4.69) is 5.32 Å². The second-order valence-electron chi connectivity index (χ2n) is 5.23. The van der Waals surface area contributed by atoms with E-state index >= 15 is 0 Å². The van der Waals surface area contributed by atoms with Crippen molar-refractivity contribution in [3.8, 4) is 5.75 Å². The average molecular weight is 319 g/mol. The van der Waals surface area contributed by atoms with Gasteiger partial charge in [0.25, 0.3) is 0 Å². The van der Waals surface area contributed by atoms with E-state index in [1.54, 1.807) is 0 Å². The van der Waals surface area contributed by atoms with Crippen molar-refractivity contribution in [3.63, 3.8) is 0 Å². The van der Waals surface area contributed by atoms with Crippen LogP contribution in [0.3, 0.4) is 0 Å². The summed E-state index contributed by atoms with van der Waals surface area (Å²) in [5.41, 5.74) is 1.80. The van der Waals surface area contributed by atoms with Crippen LogP contribution in [0, 0.1) is 0 Å². The Hall–Kier alpha value is -2.04. The summed E-state index contributed by atoms with van der Waals surface area (Å²) in [6, 6.07) is 14.8. The van der Waals surface area contributed by atoms with Gasteiger partial charge in [0.05, 0.1) is 6.54 Å². The first kappa shape index (κ1) is 16.3. The quantitative estimate of drug-likeness (QED) is 0.887. The number of halogens is 1. The van der Waals surface area contributed by atoms with Gasteiger partial charge in [-0.1, -0.05) is 23.7 Å². The number of likely N-dealkylation sites (N-methyl/N-ethyl adjacent to an activating group) is 1. The van der Waals surface area contributed by atoms with E-state index in [-0.39, 0.29) is 5.91 Å². The lowest BCUT2D eigenvalue weighted by Crippen LogP contribution is -2.27. The zero-order valence-corrected chi connectivity index (χ0v) is 13.4. The van der Waals surface area contributed by atoms with Crippen LogP contribution < -0.4 is 10.1 Å². The summed E-state index contributed by atoms with van der Waals surface area (Å²) in [7, 11) is 3.71. The lowest BCUT2D eigenvalue weighted by Gasteiger charge is -2.11. The van der Waals surface area contributed by atoms with Gasteiger partial charge < -0.3 is 15.0 Å². The number of hydrogen-bond acceptors (Lipinski definition) is 3. The highest BCUT2D eigenvalue weighted by Gasteiger charge is 2.04. The molecule has 2 aromatic rings. The highest BCUT2D eigenvalue weighted by atomic mass is 35.5. The SMILES string of the molecule is CN(C)CC(=O)Nc1ccc(OCc2ccc(Cl)cc2)cc1. The minimum Gasteiger partial charge on any atom is -0.489 e. The van der Waals surface area contributed by atoms with E-state index in [0.29, 0.717) is 18.2 Å². The molecule has 0 radical (unpaired) electrons. The molecular formula is C17H19ClN2O2. The molecule has 0 heterocycles. The molecular weight excluding hydrogens is 300 g/mol. The van der Waals surface area contributed by atoms with Gasteiger partial charge in [0.15, 0.2) is 0 Å². The third-order valence-corrected chi connectivity index (χ3v) is 3.17. The number of nitrogens with one attached hydrogen (secondary N) is 1. The van der Waals surface area contributed by atoms with Crippen molar-refractivity contribution < 1.29 is 9.53 Å². The molecule has 4 nitrogen and oxygen atoms in total. The summed E-state index contributed by atoms with van der Waals surface area (Å²) in [5.74, 6) is 0.709. The molecule has 0 fully saturated rings. The van der Waals surface area contributed by atoms with Gasteiger partial charge in [-0.15, -0.1) is 0 Å². The van der Waals surface area contributed by atoms with Crippen LogP contribution in [-0.4, -0.2) is 31.4 Å². The molecule has 1 amide bonds. The molecule has 1 N–H and O–H groups in total. The van der Waals surface area contributed by atoms with E-state index in [4.69, 9.17) is 16.3 Å². The van der Waals surface area contributed by atoms with Crippen LogP contribution >= 0.6 is 11.6 Å². The number of benzene rings is 2. The summed E-state index contributed by atoms with van der Waals surface area (Å²) < 4.78 is 5.69. The number of rotatable bonds is 6. The standard InChI is InChI=1S/C17H19ClN2O2/c1-20(2)11-17(21)19-15-7-9-16(10-8-15)22-12-13-3-5-14(18)6-4-13/h3-10H,11-12H2,1-2H3,(H,19,21). The van der Waals surface area contributed by atoms with E-state index in [1.165, 1.54) is 0 Å². The molecule has 0 aliphatic carbocycles. The molecule has 5 heteroatoms. The van der Waals surface area contributed by atoms with Gasteiger partial charge in [-0.2, -0.15) is 0 Å². The lowest BCUT2D eigenvalue weighted by atomic mass is 10.2. The van der Waals surface area contributed by atoms with Crippen LogP contribution in [0.5, 0.6) is 5.75 Å². The largest absolute Gasteiger partial charge is 0.489 e. The number of amides is 1. The van der Waals surface area contributed by atoms with Crippen molar-refractivity contribution >= 4 is 23.2 Å². The van der Waals surface area contributed by atoms with Crippen LogP contribution in [0.25, 0.3) is 0 Å². The summed E-state index contributed by atoms with van der Waals surface area (Å²) in [6.45, 7) is 0.832. The van der Waals surface area contributed by atoms with Gasteiger partial charge in [0.1, 0.15) is 12.4 Å². The van der Waals surface area contributed by atoms with E-state index in [9.17, 15) is 4.79 Å². The van der Waals surface area contributed by atoms with Crippen LogP contribution in [0.15, 0.2) is 48.5 Å². The van der Waals surface area contributed by atoms with Crippen LogP contribution in [-0.2, 0) is 11.4 Å². The highest BCUT2D eigenvalue weighted by molar-refractivity contribution is 6.30. The molecule has 0 aliphatic rings. The first-order chi connectivity index (χ1) is 10.5. The molecule has 0 atom stereocenters. The molecule has 0 unspecified atom stereocenters. The Kier molecular flexibility index (Phi) is 5.81. The van der Waals surface area contributed by atoms with Gasteiger partial charge in [-0.05, 0) is 56.1 Å². The number of hydrogen-bond donors (Lipinski definition) is 1. The average Bonchev–Trinajstić information content (AvgIpc) is 2.47. The normalized spacial score (nSPS) is 10.5. The summed E-state index contributed by atoms with van der Waals surface area (Å²) in [4.78, 5) is 13.5. The van der Waals surface area contributed by atoms with E-state index in [1.807, 2.05) is 67.5 Å². The number of nitrogens with zero attached hydrogens (tertiary/aromatic N) is 1. The second-order valence-corrected chi connectivity index (χ2v) is 5.66.